The highest BCUT2D eigenvalue weighted by atomic mass is 35.5. The number of aromatic nitrogens is 5. The third-order valence-electron chi connectivity index (χ3n) is 2.74. The van der Waals surface area contributed by atoms with E-state index >= 15 is 0 Å². The van der Waals surface area contributed by atoms with Gasteiger partial charge in [-0.3, -0.25) is 4.57 Å². The van der Waals surface area contributed by atoms with Crippen LogP contribution in [-0.4, -0.2) is 23.5 Å². The highest BCUT2D eigenvalue weighted by molar-refractivity contribution is 7.00. The monoisotopic (exact) mass is 313 g/mol. The molecule has 0 spiro atoms. The number of halogens is 2. The van der Waals surface area contributed by atoms with Crippen molar-refractivity contribution in [2.45, 2.75) is 19.8 Å². The van der Waals surface area contributed by atoms with Gasteiger partial charge in [-0.25, -0.2) is 0 Å². The molecule has 0 unspecified atom stereocenters. The van der Waals surface area contributed by atoms with Gasteiger partial charge in [-0.15, -0.1) is 10.2 Å². The summed E-state index contributed by atoms with van der Waals surface area (Å²) in [4.78, 5) is 0. The summed E-state index contributed by atoms with van der Waals surface area (Å²) in [6.45, 7) is 4.04. The first-order valence-corrected chi connectivity index (χ1v) is 7.10. The van der Waals surface area contributed by atoms with E-state index in [1.54, 1.807) is 10.6 Å². The van der Waals surface area contributed by atoms with Crippen molar-refractivity contribution in [1.82, 2.24) is 23.5 Å². The highest BCUT2D eigenvalue weighted by Gasteiger charge is 2.20. The summed E-state index contributed by atoms with van der Waals surface area (Å²) in [5.41, 5.74) is 2.18. The fourth-order valence-electron chi connectivity index (χ4n) is 1.88. The molecule has 3 rings (SSSR count). The summed E-state index contributed by atoms with van der Waals surface area (Å²) in [5.74, 6) is 0.908. The van der Waals surface area contributed by atoms with Crippen LogP contribution in [0.15, 0.2) is 12.1 Å². The number of hydrogen-bond donors (Lipinski definition) is 0. The topological polar surface area (TPSA) is 56.5 Å². The van der Waals surface area contributed by atoms with Gasteiger partial charge in [-0.1, -0.05) is 25.4 Å². The van der Waals surface area contributed by atoms with Crippen molar-refractivity contribution in [1.29, 1.82) is 0 Å². The van der Waals surface area contributed by atoms with Gasteiger partial charge in [0.05, 0.1) is 22.4 Å². The van der Waals surface area contributed by atoms with Crippen LogP contribution in [0.3, 0.4) is 0 Å². The molecule has 0 aliphatic carbocycles. The van der Waals surface area contributed by atoms with Gasteiger partial charge in [0, 0.05) is 5.92 Å². The third kappa shape index (κ3) is 2.00. The van der Waals surface area contributed by atoms with E-state index in [2.05, 4.69) is 18.9 Å². The Labute approximate surface area is 123 Å². The molecule has 0 aliphatic rings. The Morgan fingerprint density at radius 1 is 1.16 bits per heavy atom. The Morgan fingerprint density at radius 3 is 2.68 bits per heavy atom. The lowest BCUT2D eigenvalue weighted by Crippen LogP contribution is -2.04. The van der Waals surface area contributed by atoms with E-state index < -0.39 is 0 Å². The minimum atomic E-state index is 0.165. The zero-order chi connectivity index (χ0) is 13.6. The summed E-state index contributed by atoms with van der Waals surface area (Å²) in [6.07, 6.45) is 0. The number of fused-ring (bicyclic) bond motifs is 1. The van der Waals surface area contributed by atoms with Gasteiger partial charge >= 0.3 is 0 Å². The van der Waals surface area contributed by atoms with Gasteiger partial charge in [0.25, 0.3) is 0 Å². The van der Waals surface area contributed by atoms with E-state index in [9.17, 15) is 0 Å². The van der Waals surface area contributed by atoms with Crippen LogP contribution in [0.2, 0.25) is 10.3 Å². The quantitative estimate of drug-likeness (QED) is 0.723. The predicted octanol–water partition coefficient (Wildman–Crippen LogP) is 3.70. The van der Waals surface area contributed by atoms with Gasteiger partial charge < -0.3 is 0 Å². The molecule has 1 aromatic carbocycles. The first-order valence-electron chi connectivity index (χ1n) is 5.61. The van der Waals surface area contributed by atoms with E-state index in [1.165, 1.54) is 0 Å². The number of rotatable bonds is 2. The second kappa shape index (κ2) is 4.70. The molecule has 2 aromatic heterocycles. The molecule has 8 heteroatoms. The summed E-state index contributed by atoms with van der Waals surface area (Å²) >= 11 is 13.6. The maximum atomic E-state index is 6.30. The minimum Gasteiger partial charge on any atom is -0.266 e. The molecule has 0 atom stereocenters. The molecule has 0 radical (unpaired) electrons. The molecular formula is C11H9Cl2N5S. The van der Waals surface area contributed by atoms with E-state index in [0.29, 0.717) is 16.2 Å². The van der Waals surface area contributed by atoms with Crippen LogP contribution < -0.4 is 0 Å². The molecule has 0 saturated carbocycles. The highest BCUT2D eigenvalue weighted by Crippen LogP contribution is 2.32. The largest absolute Gasteiger partial charge is 0.266 e. The zero-order valence-corrected chi connectivity index (χ0v) is 12.5. The van der Waals surface area contributed by atoms with Gasteiger partial charge in [-0.05, 0) is 23.7 Å². The van der Waals surface area contributed by atoms with Crippen molar-refractivity contribution in [2.24, 2.45) is 0 Å². The van der Waals surface area contributed by atoms with Crippen molar-refractivity contribution in [3.63, 3.8) is 0 Å². The van der Waals surface area contributed by atoms with Crippen molar-refractivity contribution in [3.05, 3.63) is 28.3 Å². The molecule has 98 valence electrons. The molecule has 19 heavy (non-hydrogen) atoms. The van der Waals surface area contributed by atoms with Crippen LogP contribution in [0, 0.1) is 0 Å². The van der Waals surface area contributed by atoms with Crippen LogP contribution >= 0.6 is 34.9 Å². The second-order valence-electron chi connectivity index (χ2n) is 4.35. The molecule has 0 N–H and O–H groups in total. The van der Waals surface area contributed by atoms with E-state index in [1.807, 2.05) is 19.9 Å². The SMILES string of the molecule is CC(C)c1nnc(Cl)n1-c1c(Cl)ccc2nsnc12. The number of hydrogen-bond acceptors (Lipinski definition) is 5. The molecule has 0 aliphatic heterocycles. The fourth-order valence-corrected chi connectivity index (χ4v) is 2.87. The summed E-state index contributed by atoms with van der Waals surface area (Å²) < 4.78 is 10.2. The number of nitrogens with zero attached hydrogens (tertiary/aromatic N) is 5. The van der Waals surface area contributed by atoms with Crippen molar-refractivity contribution in [3.8, 4) is 5.69 Å². The smallest absolute Gasteiger partial charge is 0.229 e. The van der Waals surface area contributed by atoms with E-state index in [4.69, 9.17) is 23.2 Å². The van der Waals surface area contributed by atoms with Gasteiger partial charge in [0.1, 0.15) is 16.9 Å². The average Bonchev–Trinajstić information content (AvgIpc) is 2.96. The first kappa shape index (κ1) is 12.8. The predicted molar refractivity (Wildman–Crippen MR) is 76.4 cm³/mol. The van der Waals surface area contributed by atoms with Crippen molar-refractivity contribution >= 4 is 46.0 Å². The Hall–Kier alpha value is -1.24. The second-order valence-corrected chi connectivity index (χ2v) is 5.62. The maximum Gasteiger partial charge on any atom is 0.229 e. The Bertz CT molecular complexity index is 749. The van der Waals surface area contributed by atoms with Crippen molar-refractivity contribution < 1.29 is 0 Å². The van der Waals surface area contributed by atoms with Crippen LogP contribution in [0.4, 0.5) is 0 Å². The normalized spacial score (nSPS) is 11.6. The van der Waals surface area contributed by atoms with Crippen LogP contribution in [0.25, 0.3) is 16.7 Å². The van der Waals surface area contributed by atoms with Gasteiger partial charge in [-0.2, -0.15) is 8.75 Å². The third-order valence-corrected chi connectivity index (χ3v) is 3.83. The fraction of sp³-hybridized carbons (Fsp3) is 0.273. The molecule has 0 saturated heterocycles. The molecule has 0 amide bonds. The molecule has 5 nitrogen and oxygen atoms in total. The standard InChI is InChI=1S/C11H9Cl2N5S/c1-5(2)10-14-15-11(13)18(10)9-6(12)3-4-7-8(9)17-19-16-7/h3-5H,1-2H3. The van der Waals surface area contributed by atoms with Crippen LogP contribution in [-0.2, 0) is 0 Å². The molecule has 3 aromatic rings. The molecule has 0 fully saturated rings. The lowest BCUT2D eigenvalue weighted by Gasteiger charge is -2.11. The van der Waals surface area contributed by atoms with Crippen molar-refractivity contribution in [2.75, 3.05) is 0 Å². The summed E-state index contributed by atoms with van der Waals surface area (Å²) in [7, 11) is 0. The van der Waals surface area contributed by atoms with Crippen LogP contribution in [0.1, 0.15) is 25.6 Å². The lowest BCUT2D eigenvalue weighted by atomic mass is 10.2. The average molecular weight is 314 g/mol. The zero-order valence-electron chi connectivity index (χ0n) is 10.1. The van der Waals surface area contributed by atoms with Gasteiger partial charge in [0.15, 0.2) is 0 Å². The van der Waals surface area contributed by atoms with Crippen LogP contribution in [0.5, 0.6) is 0 Å². The Balaban J connectivity index is 2.39. The molecule has 2 heterocycles. The van der Waals surface area contributed by atoms with E-state index in [-0.39, 0.29) is 11.2 Å². The maximum absolute atomic E-state index is 6.30. The summed E-state index contributed by atoms with van der Waals surface area (Å²) in [6, 6.07) is 3.61. The first-order chi connectivity index (χ1) is 9.09. The molecular weight excluding hydrogens is 305 g/mol. The Kier molecular flexibility index (Phi) is 3.16. The summed E-state index contributed by atoms with van der Waals surface area (Å²) in [5, 5.41) is 8.84. The van der Waals surface area contributed by atoms with Gasteiger partial charge in [0.2, 0.25) is 5.28 Å². The number of benzene rings is 1. The van der Waals surface area contributed by atoms with E-state index in [0.717, 1.165) is 23.1 Å². The Morgan fingerprint density at radius 2 is 1.95 bits per heavy atom. The minimum absolute atomic E-state index is 0.165. The molecule has 0 bridgehead atoms. The lowest BCUT2D eigenvalue weighted by molar-refractivity contribution is 0.747.